The van der Waals surface area contributed by atoms with E-state index in [1.165, 1.54) is 25.7 Å². The van der Waals surface area contributed by atoms with Crippen molar-refractivity contribution in [1.29, 1.82) is 0 Å². The molecule has 0 aromatic heterocycles. The Morgan fingerprint density at radius 2 is 1.93 bits per heavy atom. The first kappa shape index (κ1) is 19.0. The van der Waals surface area contributed by atoms with Gasteiger partial charge in [-0.3, -0.25) is 9.79 Å². The summed E-state index contributed by atoms with van der Waals surface area (Å²) in [4.78, 5) is 16.7. The van der Waals surface area contributed by atoms with E-state index < -0.39 is 0 Å². The van der Waals surface area contributed by atoms with Crippen LogP contribution in [0.25, 0.3) is 0 Å². The lowest BCUT2D eigenvalue weighted by molar-refractivity contribution is -0.171. The van der Waals surface area contributed by atoms with Gasteiger partial charge in [-0.05, 0) is 58.8 Å². The molecule has 1 heterocycles. The third-order valence-electron chi connectivity index (χ3n) is 7.33. The average Bonchev–Trinajstić information content (AvgIpc) is 3.04. The van der Waals surface area contributed by atoms with Crippen molar-refractivity contribution >= 4 is 11.9 Å². The number of nitrogens with zero attached hydrogens (tertiary/aromatic N) is 1. The summed E-state index contributed by atoms with van der Waals surface area (Å²) >= 11 is 0. The number of ether oxygens (including phenoxy) is 2. The van der Waals surface area contributed by atoms with Gasteiger partial charge in [0.25, 0.3) is 0 Å². The van der Waals surface area contributed by atoms with Crippen molar-refractivity contribution in [1.82, 2.24) is 10.6 Å². The zero-order valence-electron chi connectivity index (χ0n) is 16.8. The van der Waals surface area contributed by atoms with Crippen molar-refractivity contribution in [3.8, 4) is 0 Å². The van der Waals surface area contributed by atoms with E-state index in [1.807, 2.05) is 6.92 Å². The highest BCUT2D eigenvalue weighted by Crippen LogP contribution is 2.62. The van der Waals surface area contributed by atoms with E-state index in [9.17, 15) is 4.79 Å². The molecule has 0 amide bonds. The van der Waals surface area contributed by atoms with E-state index in [0.717, 1.165) is 44.8 Å². The topological polar surface area (TPSA) is 72.0 Å². The van der Waals surface area contributed by atoms with Gasteiger partial charge in [0, 0.05) is 36.6 Å². The van der Waals surface area contributed by atoms with Gasteiger partial charge >= 0.3 is 5.97 Å². The predicted molar refractivity (Wildman–Crippen MR) is 105 cm³/mol. The molecule has 0 radical (unpaired) electrons. The third kappa shape index (κ3) is 3.45. The van der Waals surface area contributed by atoms with Crippen molar-refractivity contribution in [2.75, 3.05) is 19.8 Å². The number of nitrogens with one attached hydrogen (secondary N) is 2. The Balaban J connectivity index is 1.32. The Hall–Kier alpha value is -1.30. The third-order valence-corrected chi connectivity index (χ3v) is 7.33. The van der Waals surface area contributed by atoms with E-state index in [2.05, 4.69) is 17.6 Å². The van der Waals surface area contributed by atoms with E-state index >= 15 is 0 Å². The van der Waals surface area contributed by atoms with Gasteiger partial charge in [-0.1, -0.05) is 6.42 Å². The molecule has 6 nitrogen and oxygen atoms in total. The minimum Gasteiger partial charge on any atom is -0.466 e. The highest BCUT2D eigenvalue weighted by molar-refractivity contribution is 5.81. The fourth-order valence-corrected chi connectivity index (χ4v) is 5.82. The molecule has 4 rings (SSSR count). The maximum absolute atomic E-state index is 11.9. The SMILES string of the molecule is CCN=C(NC1CCC(C(=O)OCC)CC1)NC1C2CCOC2C12CCC2. The number of carbonyl (C=O) groups is 1. The maximum Gasteiger partial charge on any atom is 0.308 e. The summed E-state index contributed by atoms with van der Waals surface area (Å²) in [5.41, 5.74) is 0.360. The van der Waals surface area contributed by atoms with Crippen LogP contribution in [0.15, 0.2) is 4.99 Å². The summed E-state index contributed by atoms with van der Waals surface area (Å²) in [6.07, 6.45) is 9.36. The number of hydrogen-bond donors (Lipinski definition) is 2. The number of guanidine groups is 1. The fourth-order valence-electron chi connectivity index (χ4n) is 5.82. The molecule has 3 aliphatic carbocycles. The van der Waals surface area contributed by atoms with Gasteiger partial charge in [0.05, 0.1) is 18.6 Å². The molecule has 0 bridgehead atoms. The summed E-state index contributed by atoms with van der Waals surface area (Å²) in [6, 6.07) is 0.897. The Morgan fingerprint density at radius 1 is 1.15 bits per heavy atom. The lowest BCUT2D eigenvalue weighted by Gasteiger charge is -2.63. The fraction of sp³-hybridized carbons (Fsp3) is 0.905. The standard InChI is InChI=1S/C21H35N3O3/c1-3-22-20(23-15-8-6-14(7-9-15)19(25)26-4-2)24-17-16-10-13-27-18(16)21(17)11-5-12-21/h14-18H,3-13H2,1-2H3,(H2,22,23,24). The first-order chi connectivity index (χ1) is 13.2. The van der Waals surface area contributed by atoms with Crippen molar-refractivity contribution in [3.63, 3.8) is 0 Å². The van der Waals surface area contributed by atoms with Crippen molar-refractivity contribution in [3.05, 3.63) is 0 Å². The molecule has 3 atom stereocenters. The molecular formula is C21H35N3O3. The summed E-state index contributed by atoms with van der Waals surface area (Å²) in [6.45, 7) is 6.13. The lowest BCUT2D eigenvalue weighted by atomic mass is 9.46. The number of aliphatic imine (C=N–C) groups is 1. The van der Waals surface area contributed by atoms with Crippen molar-refractivity contribution in [2.24, 2.45) is 22.2 Å². The van der Waals surface area contributed by atoms with Crippen LogP contribution in [0.4, 0.5) is 0 Å². The van der Waals surface area contributed by atoms with Gasteiger partial charge in [-0.2, -0.15) is 0 Å². The highest BCUT2D eigenvalue weighted by atomic mass is 16.5. The summed E-state index contributed by atoms with van der Waals surface area (Å²) < 4.78 is 11.2. The van der Waals surface area contributed by atoms with Gasteiger partial charge in [0.2, 0.25) is 0 Å². The molecular weight excluding hydrogens is 342 g/mol. The summed E-state index contributed by atoms with van der Waals surface area (Å²) in [5.74, 6) is 1.65. The average molecular weight is 378 g/mol. The molecule has 2 N–H and O–H groups in total. The lowest BCUT2D eigenvalue weighted by Crippen LogP contribution is -2.72. The molecule has 3 saturated carbocycles. The van der Waals surface area contributed by atoms with Gasteiger partial charge < -0.3 is 20.1 Å². The molecule has 4 aliphatic rings. The van der Waals surface area contributed by atoms with Crippen LogP contribution in [0.1, 0.15) is 65.2 Å². The normalized spacial score (nSPS) is 37.1. The van der Waals surface area contributed by atoms with Crippen LogP contribution in [0.5, 0.6) is 0 Å². The zero-order chi connectivity index (χ0) is 18.9. The Morgan fingerprint density at radius 3 is 2.56 bits per heavy atom. The van der Waals surface area contributed by atoms with E-state index in [4.69, 9.17) is 14.5 Å². The second-order valence-electron chi connectivity index (χ2n) is 8.72. The highest BCUT2D eigenvalue weighted by Gasteiger charge is 2.66. The van der Waals surface area contributed by atoms with Crippen LogP contribution in [-0.4, -0.2) is 49.9 Å². The molecule has 1 saturated heterocycles. The molecule has 27 heavy (non-hydrogen) atoms. The number of carbonyl (C=O) groups excluding carboxylic acids is 1. The van der Waals surface area contributed by atoms with Gasteiger partial charge in [0.15, 0.2) is 5.96 Å². The number of hydrogen-bond acceptors (Lipinski definition) is 4. The minimum absolute atomic E-state index is 0.0230. The number of rotatable bonds is 5. The summed E-state index contributed by atoms with van der Waals surface area (Å²) in [5, 5.41) is 7.45. The van der Waals surface area contributed by atoms with Crippen LogP contribution in [0.2, 0.25) is 0 Å². The van der Waals surface area contributed by atoms with Crippen LogP contribution >= 0.6 is 0 Å². The summed E-state index contributed by atoms with van der Waals surface area (Å²) in [7, 11) is 0. The smallest absolute Gasteiger partial charge is 0.308 e. The van der Waals surface area contributed by atoms with Crippen LogP contribution in [-0.2, 0) is 14.3 Å². The molecule has 6 heteroatoms. The molecule has 152 valence electrons. The van der Waals surface area contributed by atoms with E-state index in [1.54, 1.807) is 0 Å². The Labute approximate surface area is 162 Å². The largest absolute Gasteiger partial charge is 0.466 e. The second-order valence-corrected chi connectivity index (χ2v) is 8.72. The Kier molecular flexibility index (Phi) is 5.62. The van der Waals surface area contributed by atoms with Gasteiger partial charge in [-0.25, -0.2) is 0 Å². The molecule has 1 aliphatic heterocycles. The molecule has 0 aromatic rings. The second kappa shape index (κ2) is 7.98. The molecule has 1 spiro atoms. The maximum atomic E-state index is 11.9. The zero-order valence-corrected chi connectivity index (χ0v) is 16.8. The van der Waals surface area contributed by atoms with Crippen LogP contribution in [0, 0.1) is 17.3 Å². The van der Waals surface area contributed by atoms with E-state index in [-0.39, 0.29) is 11.9 Å². The van der Waals surface area contributed by atoms with Gasteiger partial charge in [0.1, 0.15) is 0 Å². The first-order valence-electron chi connectivity index (χ1n) is 11.0. The molecule has 0 aromatic carbocycles. The van der Waals surface area contributed by atoms with E-state index in [0.29, 0.717) is 36.1 Å². The Bertz CT molecular complexity index is 567. The van der Waals surface area contributed by atoms with Gasteiger partial charge in [-0.15, -0.1) is 0 Å². The monoisotopic (exact) mass is 377 g/mol. The molecule has 4 fully saturated rings. The number of fused-ring (bicyclic) bond motifs is 2. The predicted octanol–water partition coefficient (Wildman–Crippen LogP) is 2.62. The van der Waals surface area contributed by atoms with Crippen molar-refractivity contribution in [2.45, 2.75) is 83.4 Å². The number of esters is 1. The first-order valence-corrected chi connectivity index (χ1v) is 11.0. The minimum atomic E-state index is -0.0230. The molecule has 3 unspecified atom stereocenters. The van der Waals surface area contributed by atoms with Crippen LogP contribution < -0.4 is 10.6 Å². The van der Waals surface area contributed by atoms with Crippen LogP contribution in [0.3, 0.4) is 0 Å². The quantitative estimate of drug-likeness (QED) is 0.438. The van der Waals surface area contributed by atoms with Crippen molar-refractivity contribution < 1.29 is 14.3 Å².